The quantitative estimate of drug-likeness (QED) is 0.837. The molecule has 0 aromatic heterocycles. The van der Waals surface area contributed by atoms with Crippen molar-refractivity contribution in [3.63, 3.8) is 0 Å². The van der Waals surface area contributed by atoms with Gasteiger partial charge in [-0.05, 0) is 60.1 Å². The molecule has 2 atom stereocenters. The number of carbonyl (C=O) groups is 3. The van der Waals surface area contributed by atoms with Crippen molar-refractivity contribution >= 4 is 17.8 Å². The number of nitrogens with zero attached hydrogens (tertiary/aromatic N) is 1. The first kappa shape index (κ1) is 19.9. The lowest BCUT2D eigenvalue weighted by Gasteiger charge is -2.29. The van der Waals surface area contributed by atoms with Gasteiger partial charge >= 0.3 is 5.97 Å². The highest BCUT2D eigenvalue weighted by Gasteiger charge is 2.47. The van der Waals surface area contributed by atoms with E-state index in [1.54, 1.807) is 46.8 Å². The minimum absolute atomic E-state index is 0.267. The maximum atomic E-state index is 12.9. The number of hydrogen-bond acceptors (Lipinski definition) is 4. The van der Waals surface area contributed by atoms with Crippen molar-refractivity contribution in [1.29, 1.82) is 0 Å². The SMILES string of the molecule is Cc1ccc(C(=O)NC2(C)CCN([C@@H](C)C(=O)OC(C)(C)C)C2=O)cc1. The Morgan fingerprint density at radius 2 is 1.81 bits per heavy atom. The molecule has 142 valence electrons. The summed E-state index contributed by atoms with van der Waals surface area (Å²) in [5, 5.41) is 2.83. The van der Waals surface area contributed by atoms with Crippen LogP contribution in [0.15, 0.2) is 24.3 Å². The van der Waals surface area contributed by atoms with E-state index < -0.39 is 23.2 Å². The van der Waals surface area contributed by atoms with Crippen molar-refractivity contribution in [1.82, 2.24) is 10.2 Å². The molecule has 1 N–H and O–H groups in total. The van der Waals surface area contributed by atoms with Gasteiger partial charge in [-0.3, -0.25) is 9.59 Å². The fourth-order valence-corrected chi connectivity index (χ4v) is 2.90. The predicted octanol–water partition coefficient (Wildman–Crippen LogP) is 2.45. The highest BCUT2D eigenvalue weighted by molar-refractivity contribution is 6.00. The lowest BCUT2D eigenvalue weighted by molar-refractivity contribution is -0.163. The maximum Gasteiger partial charge on any atom is 0.329 e. The van der Waals surface area contributed by atoms with Gasteiger partial charge in [0.15, 0.2) is 0 Å². The molecule has 1 heterocycles. The van der Waals surface area contributed by atoms with Crippen LogP contribution in [0.25, 0.3) is 0 Å². The van der Waals surface area contributed by atoms with Gasteiger partial charge in [-0.15, -0.1) is 0 Å². The third kappa shape index (κ3) is 4.42. The summed E-state index contributed by atoms with van der Waals surface area (Å²) in [6.45, 7) is 11.0. The van der Waals surface area contributed by atoms with Crippen molar-refractivity contribution in [2.75, 3.05) is 6.54 Å². The fourth-order valence-electron chi connectivity index (χ4n) is 2.90. The second-order valence-corrected chi connectivity index (χ2v) is 8.11. The zero-order valence-electron chi connectivity index (χ0n) is 16.4. The van der Waals surface area contributed by atoms with Crippen LogP contribution in [0.4, 0.5) is 0 Å². The largest absolute Gasteiger partial charge is 0.458 e. The summed E-state index contributed by atoms with van der Waals surface area (Å²) in [5.41, 5.74) is -0.0830. The molecule has 0 bridgehead atoms. The number of amides is 2. The third-order valence-corrected chi connectivity index (χ3v) is 4.50. The van der Waals surface area contributed by atoms with Crippen LogP contribution in [0.3, 0.4) is 0 Å². The molecule has 0 radical (unpaired) electrons. The van der Waals surface area contributed by atoms with Crippen molar-refractivity contribution in [3.05, 3.63) is 35.4 Å². The van der Waals surface area contributed by atoms with Crippen LogP contribution in [-0.2, 0) is 14.3 Å². The lowest BCUT2D eigenvalue weighted by Crippen LogP contribution is -2.54. The molecule has 0 aliphatic carbocycles. The van der Waals surface area contributed by atoms with Gasteiger partial charge in [0.25, 0.3) is 5.91 Å². The highest BCUT2D eigenvalue weighted by atomic mass is 16.6. The second-order valence-electron chi connectivity index (χ2n) is 8.11. The van der Waals surface area contributed by atoms with E-state index in [9.17, 15) is 14.4 Å². The molecule has 1 aliphatic heterocycles. The summed E-state index contributed by atoms with van der Waals surface area (Å²) in [4.78, 5) is 39.1. The average molecular weight is 360 g/mol. The van der Waals surface area contributed by atoms with Crippen LogP contribution in [-0.4, -0.2) is 46.4 Å². The van der Waals surface area contributed by atoms with Crippen LogP contribution in [0, 0.1) is 6.92 Å². The maximum absolute atomic E-state index is 12.9. The van der Waals surface area contributed by atoms with Gasteiger partial charge in [-0.2, -0.15) is 0 Å². The van der Waals surface area contributed by atoms with Crippen LogP contribution in [0.5, 0.6) is 0 Å². The van der Waals surface area contributed by atoms with Crippen LogP contribution < -0.4 is 5.32 Å². The molecule has 1 saturated heterocycles. The standard InChI is InChI=1S/C20H28N2O4/c1-13-7-9-15(10-8-13)16(23)21-20(6)11-12-22(18(20)25)14(2)17(24)26-19(3,4)5/h7-10,14H,11-12H2,1-6H3,(H,21,23)/t14-,20?/m0/s1. The Bertz CT molecular complexity index is 706. The van der Waals surface area contributed by atoms with Gasteiger partial charge in [0.05, 0.1) is 0 Å². The van der Waals surface area contributed by atoms with Crippen LogP contribution in [0.1, 0.15) is 57.0 Å². The zero-order valence-corrected chi connectivity index (χ0v) is 16.4. The molecule has 2 amide bonds. The molecule has 0 spiro atoms. The van der Waals surface area contributed by atoms with Gasteiger partial charge in [-0.1, -0.05) is 17.7 Å². The summed E-state index contributed by atoms with van der Waals surface area (Å²) in [5.74, 6) is -1.01. The molecule has 1 aromatic rings. The Kier molecular flexibility index (Phi) is 5.44. The van der Waals surface area contributed by atoms with Crippen LogP contribution in [0.2, 0.25) is 0 Å². The van der Waals surface area contributed by atoms with E-state index in [0.29, 0.717) is 18.5 Å². The Labute approximate surface area is 154 Å². The number of nitrogens with one attached hydrogen (secondary N) is 1. The minimum atomic E-state index is -1.03. The average Bonchev–Trinajstić information content (AvgIpc) is 2.81. The normalized spacial score (nSPS) is 21.5. The number of ether oxygens (including phenoxy) is 1. The number of aryl methyl sites for hydroxylation is 1. The third-order valence-electron chi connectivity index (χ3n) is 4.50. The van der Waals surface area contributed by atoms with E-state index in [1.165, 1.54) is 4.90 Å². The number of esters is 1. The second kappa shape index (κ2) is 7.09. The van der Waals surface area contributed by atoms with E-state index in [2.05, 4.69) is 5.32 Å². The summed E-state index contributed by atoms with van der Waals surface area (Å²) >= 11 is 0. The molecule has 0 saturated carbocycles. The summed E-state index contributed by atoms with van der Waals surface area (Å²) < 4.78 is 5.37. The van der Waals surface area contributed by atoms with Crippen molar-refractivity contribution in [3.8, 4) is 0 Å². The molecule has 6 heteroatoms. The molecule has 1 unspecified atom stereocenters. The number of likely N-dealkylation sites (tertiary alicyclic amines) is 1. The zero-order chi connectivity index (χ0) is 19.7. The number of benzene rings is 1. The Morgan fingerprint density at radius 3 is 2.35 bits per heavy atom. The molecule has 1 aliphatic rings. The van der Waals surface area contributed by atoms with Crippen molar-refractivity contribution in [2.45, 2.75) is 65.1 Å². The molecular weight excluding hydrogens is 332 g/mol. The van der Waals surface area contributed by atoms with Gasteiger partial charge < -0.3 is 15.0 Å². The van der Waals surface area contributed by atoms with Gasteiger partial charge in [0, 0.05) is 12.1 Å². The summed E-state index contributed by atoms with van der Waals surface area (Å²) in [7, 11) is 0. The first-order valence-electron chi connectivity index (χ1n) is 8.86. The smallest absolute Gasteiger partial charge is 0.329 e. The minimum Gasteiger partial charge on any atom is -0.458 e. The van der Waals surface area contributed by atoms with Crippen molar-refractivity contribution in [2.24, 2.45) is 0 Å². The summed E-state index contributed by atoms with van der Waals surface area (Å²) in [6, 6.07) is 6.47. The fraction of sp³-hybridized carbons (Fsp3) is 0.550. The first-order valence-corrected chi connectivity index (χ1v) is 8.86. The summed E-state index contributed by atoms with van der Waals surface area (Å²) in [6.07, 6.45) is 0.441. The predicted molar refractivity (Wildman–Crippen MR) is 98.7 cm³/mol. The van der Waals surface area contributed by atoms with E-state index in [4.69, 9.17) is 4.74 Å². The molecule has 6 nitrogen and oxygen atoms in total. The van der Waals surface area contributed by atoms with E-state index in [1.807, 2.05) is 19.1 Å². The molecule has 1 fully saturated rings. The van der Waals surface area contributed by atoms with Gasteiger partial charge in [0.2, 0.25) is 5.91 Å². The Balaban J connectivity index is 2.07. The van der Waals surface area contributed by atoms with E-state index in [-0.39, 0.29) is 11.8 Å². The Hall–Kier alpha value is -2.37. The molecular formula is C20H28N2O4. The highest BCUT2D eigenvalue weighted by Crippen LogP contribution is 2.26. The number of hydrogen-bond donors (Lipinski definition) is 1. The molecule has 26 heavy (non-hydrogen) atoms. The van der Waals surface area contributed by atoms with Gasteiger partial charge in [-0.25, -0.2) is 4.79 Å². The van der Waals surface area contributed by atoms with Crippen molar-refractivity contribution < 1.29 is 19.1 Å². The molecule has 1 aromatic carbocycles. The molecule has 2 rings (SSSR count). The van der Waals surface area contributed by atoms with Gasteiger partial charge in [0.1, 0.15) is 17.2 Å². The Morgan fingerprint density at radius 1 is 1.23 bits per heavy atom. The number of carbonyl (C=O) groups excluding carboxylic acids is 3. The van der Waals surface area contributed by atoms with Crippen LogP contribution >= 0.6 is 0 Å². The van der Waals surface area contributed by atoms with E-state index in [0.717, 1.165) is 5.56 Å². The monoisotopic (exact) mass is 360 g/mol. The lowest BCUT2D eigenvalue weighted by atomic mass is 9.99. The van der Waals surface area contributed by atoms with E-state index >= 15 is 0 Å². The first-order chi connectivity index (χ1) is 11.9. The number of rotatable bonds is 4. The topological polar surface area (TPSA) is 75.7 Å².